The molecule has 0 saturated heterocycles. The van der Waals surface area contributed by atoms with E-state index in [4.69, 9.17) is 0 Å². The number of benzene rings is 2. The van der Waals surface area contributed by atoms with E-state index in [0.29, 0.717) is 0 Å². The third-order valence-electron chi connectivity index (χ3n) is 2.51. The first-order valence-corrected chi connectivity index (χ1v) is 9.24. The molecule has 0 saturated carbocycles. The van der Waals surface area contributed by atoms with Gasteiger partial charge >= 0.3 is 0 Å². The van der Waals surface area contributed by atoms with Gasteiger partial charge in [0.05, 0.1) is 0 Å². The molecule has 19 heavy (non-hydrogen) atoms. The average Bonchev–Trinajstić information content (AvgIpc) is 2.44. The fraction of sp³-hybridized carbons (Fsp3) is 0.250. The number of rotatable bonds is 6. The second kappa shape index (κ2) is 7.93. The quantitative estimate of drug-likeness (QED) is 0.595. The van der Waals surface area contributed by atoms with Crippen LogP contribution in [0.4, 0.5) is 0 Å². The molecule has 2 rings (SSSR count). The van der Waals surface area contributed by atoms with Gasteiger partial charge in [0.15, 0.2) is 0 Å². The molecule has 0 N–H and O–H groups in total. The zero-order chi connectivity index (χ0) is 13.5. The van der Waals surface area contributed by atoms with Crippen molar-refractivity contribution in [1.29, 1.82) is 0 Å². The van der Waals surface area contributed by atoms with E-state index in [-0.39, 0.29) is 0 Å². The normalized spacial score (nSPS) is 10.6. The molecule has 0 aliphatic carbocycles. The van der Waals surface area contributed by atoms with Gasteiger partial charge in [0.2, 0.25) is 0 Å². The van der Waals surface area contributed by atoms with Crippen LogP contribution in [0.2, 0.25) is 0 Å². The van der Waals surface area contributed by atoms with E-state index in [1.54, 1.807) is 0 Å². The maximum Gasteiger partial charge on any atom is 0.0123 e. The van der Waals surface area contributed by atoms with Gasteiger partial charge in [-0.25, -0.2) is 0 Å². The van der Waals surface area contributed by atoms with Gasteiger partial charge < -0.3 is 0 Å². The molecule has 0 aromatic heterocycles. The van der Waals surface area contributed by atoms with E-state index in [9.17, 15) is 0 Å². The van der Waals surface area contributed by atoms with E-state index in [0.717, 1.165) is 11.5 Å². The van der Waals surface area contributed by atoms with Gasteiger partial charge in [0.1, 0.15) is 0 Å². The summed E-state index contributed by atoms with van der Waals surface area (Å²) in [5.41, 5.74) is 0. The zero-order valence-corrected chi connectivity index (χ0v) is 13.7. The molecule has 0 aliphatic heterocycles. The topological polar surface area (TPSA) is 0 Å². The zero-order valence-electron chi connectivity index (χ0n) is 11.3. The van der Waals surface area contributed by atoms with Gasteiger partial charge in [-0.2, -0.15) is 0 Å². The predicted molar refractivity (Wildman–Crippen MR) is 89.8 cm³/mol. The lowest BCUT2D eigenvalue weighted by atomic mass is 10.4. The first-order valence-electron chi connectivity index (χ1n) is 6.45. The molecule has 0 fully saturated rings. The maximum atomic E-state index is 2.21. The predicted octanol–water partition coefficient (Wildman–Crippen LogP) is 6.06. The van der Waals surface area contributed by atoms with Gasteiger partial charge in [-0.05, 0) is 60.0 Å². The van der Waals surface area contributed by atoms with E-state index in [1.807, 2.05) is 35.3 Å². The lowest BCUT2D eigenvalue weighted by Gasteiger charge is -2.04. The second-order valence-electron chi connectivity index (χ2n) is 3.91. The largest absolute Gasteiger partial charge is 0.126 e. The van der Waals surface area contributed by atoms with Crippen molar-refractivity contribution >= 4 is 35.3 Å². The van der Waals surface area contributed by atoms with E-state index in [1.165, 1.54) is 19.6 Å². The lowest BCUT2D eigenvalue weighted by Crippen LogP contribution is -1.77. The van der Waals surface area contributed by atoms with Gasteiger partial charge in [-0.15, -0.1) is 23.5 Å². The highest BCUT2D eigenvalue weighted by Crippen LogP contribution is 2.30. The molecule has 0 amide bonds. The van der Waals surface area contributed by atoms with Gasteiger partial charge in [-0.1, -0.05) is 25.6 Å². The average molecular weight is 307 g/mol. The van der Waals surface area contributed by atoms with Crippen LogP contribution in [0.15, 0.2) is 68.1 Å². The Morgan fingerprint density at radius 3 is 1.21 bits per heavy atom. The lowest BCUT2D eigenvalue weighted by molar-refractivity contribution is 1.31. The van der Waals surface area contributed by atoms with Crippen LogP contribution in [0, 0.1) is 0 Å². The Labute approximate surface area is 128 Å². The highest BCUT2D eigenvalue weighted by Gasteiger charge is 1.99. The summed E-state index contributed by atoms with van der Waals surface area (Å²) in [5.74, 6) is 2.26. The molecule has 0 bridgehead atoms. The van der Waals surface area contributed by atoms with Gasteiger partial charge in [-0.3, -0.25) is 0 Å². The van der Waals surface area contributed by atoms with Crippen molar-refractivity contribution in [2.75, 3.05) is 11.5 Å². The molecular formula is C16H18S3. The molecule has 0 heterocycles. The fourth-order valence-corrected chi connectivity index (χ4v) is 3.82. The fourth-order valence-electron chi connectivity index (χ4n) is 1.68. The molecule has 0 spiro atoms. The molecule has 100 valence electrons. The standard InChI is InChI=1S/C16H18S3/c1-3-17-13-5-9-15(10-6-13)19-16-11-7-14(8-12-16)18-4-2/h5-12H,3-4H2,1-2H3. The maximum absolute atomic E-state index is 2.21. The molecule has 0 radical (unpaired) electrons. The summed E-state index contributed by atoms with van der Waals surface area (Å²) in [6, 6.07) is 17.6. The Morgan fingerprint density at radius 1 is 0.579 bits per heavy atom. The number of thioether (sulfide) groups is 2. The Morgan fingerprint density at radius 2 is 0.895 bits per heavy atom. The Bertz CT molecular complexity index is 441. The minimum absolute atomic E-state index is 1.13. The molecule has 0 unspecified atom stereocenters. The molecule has 2 aromatic carbocycles. The van der Waals surface area contributed by atoms with Crippen molar-refractivity contribution in [3.8, 4) is 0 Å². The van der Waals surface area contributed by atoms with E-state index < -0.39 is 0 Å². The van der Waals surface area contributed by atoms with Crippen molar-refractivity contribution in [1.82, 2.24) is 0 Å². The third kappa shape index (κ3) is 4.83. The minimum Gasteiger partial charge on any atom is -0.126 e. The van der Waals surface area contributed by atoms with E-state index in [2.05, 4.69) is 62.4 Å². The number of hydrogen-bond acceptors (Lipinski definition) is 3. The van der Waals surface area contributed by atoms with Gasteiger partial charge in [0.25, 0.3) is 0 Å². The summed E-state index contributed by atoms with van der Waals surface area (Å²) in [7, 11) is 0. The van der Waals surface area contributed by atoms with Crippen molar-refractivity contribution < 1.29 is 0 Å². The summed E-state index contributed by atoms with van der Waals surface area (Å²) >= 11 is 5.59. The second-order valence-corrected chi connectivity index (χ2v) is 7.73. The molecule has 2 aromatic rings. The SMILES string of the molecule is CCSc1ccc(Sc2ccc(SCC)cc2)cc1. The third-order valence-corrected chi connectivity index (χ3v) is 5.31. The minimum atomic E-state index is 1.13. The summed E-state index contributed by atoms with van der Waals surface area (Å²) in [5, 5.41) is 0. The Kier molecular flexibility index (Phi) is 6.21. The van der Waals surface area contributed by atoms with Crippen LogP contribution in [0.1, 0.15) is 13.8 Å². The molecular weight excluding hydrogens is 288 g/mol. The van der Waals surface area contributed by atoms with Crippen LogP contribution in [0.5, 0.6) is 0 Å². The van der Waals surface area contributed by atoms with Crippen LogP contribution in [-0.2, 0) is 0 Å². The smallest absolute Gasteiger partial charge is 0.0123 e. The van der Waals surface area contributed by atoms with Crippen LogP contribution in [-0.4, -0.2) is 11.5 Å². The molecule has 0 nitrogen and oxygen atoms in total. The Balaban J connectivity index is 1.99. The summed E-state index contributed by atoms with van der Waals surface area (Å²) in [6.45, 7) is 4.37. The summed E-state index contributed by atoms with van der Waals surface area (Å²) in [4.78, 5) is 5.30. The van der Waals surface area contributed by atoms with Crippen LogP contribution >= 0.6 is 35.3 Å². The van der Waals surface area contributed by atoms with Crippen LogP contribution in [0.3, 0.4) is 0 Å². The Hall–Kier alpha value is -0.510. The number of hydrogen-bond donors (Lipinski definition) is 0. The summed E-state index contributed by atoms with van der Waals surface area (Å²) < 4.78 is 0. The first kappa shape index (κ1) is 14.9. The molecule has 0 aliphatic rings. The van der Waals surface area contributed by atoms with Crippen molar-refractivity contribution in [2.45, 2.75) is 33.4 Å². The highest BCUT2D eigenvalue weighted by atomic mass is 32.2. The first-order chi connectivity index (χ1) is 9.31. The van der Waals surface area contributed by atoms with Crippen molar-refractivity contribution in [3.05, 3.63) is 48.5 Å². The molecule has 0 atom stereocenters. The van der Waals surface area contributed by atoms with Crippen molar-refractivity contribution in [3.63, 3.8) is 0 Å². The highest BCUT2D eigenvalue weighted by molar-refractivity contribution is 8.00. The van der Waals surface area contributed by atoms with Gasteiger partial charge in [0, 0.05) is 19.6 Å². The van der Waals surface area contributed by atoms with Crippen LogP contribution in [0.25, 0.3) is 0 Å². The monoisotopic (exact) mass is 306 g/mol. The van der Waals surface area contributed by atoms with E-state index >= 15 is 0 Å². The molecule has 3 heteroatoms. The summed E-state index contributed by atoms with van der Waals surface area (Å²) in [6.07, 6.45) is 0. The van der Waals surface area contributed by atoms with Crippen LogP contribution < -0.4 is 0 Å². The van der Waals surface area contributed by atoms with Crippen molar-refractivity contribution in [2.24, 2.45) is 0 Å².